The second-order valence-corrected chi connectivity index (χ2v) is 4.22. The van der Waals surface area contributed by atoms with Gasteiger partial charge in [0.1, 0.15) is 0 Å². The van der Waals surface area contributed by atoms with E-state index < -0.39 is 0 Å². The van der Waals surface area contributed by atoms with Crippen molar-refractivity contribution in [1.29, 1.82) is 0 Å². The highest BCUT2D eigenvalue weighted by Gasteiger charge is 2.14. The Morgan fingerprint density at radius 1 is 1.25 bits per heavy atom. The number of carbonyl (C=O) groups is 1. The van der Waals surface area contributed by atoms with E-state index in [1.807, 2.05) is 29.2 Å². The summed E-state index contributed by atoms with van der Waals surface area (Å²) in [5.41, 5.74) is 2.32. The largest absolute Gasteiger partial charge is 0.339 e. The molecule has 1 amide bonds. The van der Waals surface area contributed by atoms with Gasteiger partial charge in [-0.1, -0.05) is 24.3 Å². The van der Waals surface area contributed by atoms with Gasteiger partial charge in [-0.15, -0.1) is 0 Å². The highest BCUT2D eigenvalue weighted by molar-refractivity contribution is 5.92. The quantitative estimate of drug-likeness (QED) is 0.694. The van der Waals surface area contributed by atoms with Crippen molar-refractivity contribution in [3.63, 3.8) is 0 Å². The first-order chi connectivity index (χ1) is 7.77. The molecule has 0 atom stereocenters. The smallest absolute Gasteiger partial charge is 0.246 e. The summed E-state index contributed by atoms with van der Waals surface area (Å²) in [4.78, 5) is 13.7. The van der Waals surface area contributed by atoms with E-state index in [0.29, 0.717) is 0 Å². The second-order valence-electron chi connectivity index (χ2n) is 4.22. The molecule has 0 N–H and O–H groups in total. The van der Waals surface area contributed by atoms with E-state index in [2.05, 4.69) is 13.0 Å². The zero-order chi connectivity index (χ0) is 11.4. The molecule has 0 unspecified atom stereocenters. The first-order valence-corrected chi connectivity index (χ1v) is 5.80. The maximum Gasteiger partial charge on any atom is 0.246 e. The average molecular weight is 215 g/mol. The summed E-state index contributed by atoms with van der Waals surface area (Å²) in [6.07, 6.45) is 5.89. The van der Waals surface area contributed by atoms with Crippen LogP contribution in [0.1, 0.15) is 24.0 Å². The highest BCUT2D eigenvalue weighted by Crippen LogP contribution is 2.11. The average Bonchev–Trinajstić information content (AvgIpc) is 2.81. The molecule has 1 saturated heterocycles. The third-order valence-electron chi connectivity index (χ3n) is 3.01. The Balaban J connectivity index is 2.03. The molecule has 84 valence electrons. The van der Waals surface area contributed by atoms with Gasteiger partial charge in [-0.3, -0.25) is 4.79 Å². The first-order valence-electron chi connectivity index (χ1n) is 5.80. The Hall–Kier alpha value is -1.57. The minimum Gasteiger partial charge on any atom is -0.339 e. The molecule has 1 fully saturated rings. The lowest BCUT2D eigenvalue weighted by molar-refractivity contribution is -0.124. The number of hydrogen-bond donors (Lipinski definition) is 0. The fraction of sp³-hybridized carbons (Fsp3) is 0.357. The van der Waals surface area contributed by atoms with Gasteiger partial charge in [-0.25, -0.2) is 0 Å². The van der Waals surface area contributed by atoms with Crippen molar-refractivity contribution in [2.24, 2.45) is 0 Å². The van der Waals surface area contributed by atoms with Crippen LogP contribution in [0.3, 0.4) is 0 Å². The van der Waals surface area contributed by atoms with E-state index in [9.17, 15) is 4.79 Å². The van der Waals surface area contributed by atoms with Gasteiger partial charge in [-0.05, 0) is 37.0 Å². The maximum absolute atomic E-state index is 11.8. The lowest BCUT2D eigenvalue weighted by Crippen LogP contribution is -2.25. The van der Waals surface area contributed by atoms with Crippen molar-refractivity contribution in [3.05, 3.63) is 41.5 Å². The lowest BCUT2D eigenvalue weighted by atomic mass is 10.1. The fourth-order valence-electron chi connectivity index (χ4n) is 1.98. The summed E-state index contributed by atoms with van der Waals surface area (Å²) in [5.74, 6) is 0.140. The van der Waals surface area contributed by atoms with Gasteiger partial charge in [0.05, 0.1) is 0 Å². The SMILES string of the molecule is Cc1ccccc1/C=C\C(=O)N1CCCC1. The van der Waals surface area contributed by atoms with Gasteiger partial charge in [-0.2, -0.15) is 0 Å². The van der Waals surface area contributed by atoms with E-state index >= 15 is 0 Å². The molecule has 0 saturated carbocycles. The monoisotopic (exact) mass is 215 g/mol. The van der Waals surface area contributed by atoms with Crippen molar-refractivity contribution >= 4 is 12.0 Å². The molecular weight excluding hydrogens is 198 g/mol. The Labute approximate surface area is 96.6 Å². The number of likely N-dealkylation sites (tertiary alicyclic amines) is 1. The summed E-state index contributed by atoms with van der Waals surface area (Å²) in [6.45, 7) is 3.88. The van der Waals surface area contributed by atoms with Crippen LogP contribution in [0.25, 0.3) is 6.08 Å². The van der Waals surface area contributed by atoms with Gasteiger partial charge in [0, 0.05) is 19.2 Å². The van der Waals surface area contributed by atoms with Crippen LogP contribution in [0.2, 0.25) is 0 Å². The standard InChI is InChI=1S/C14H17NO/c1-12-6-2-3-7-13(12)8-9-14(16)15-10-4-5-11-15/h2-3,6-9H,4-5,10-11H2,1H3/b9-8-. The van der Waals surface area contributed by atoms with Gasteiger partial charge >= 0.3 is 0 Å². The molecule has 2 heteroatoms. The Bertz CT molecular complexity index is 403. The maximum atomic E-state index is 11.8. The third-order valence-corrected chi connectivity index (χ3v) is 3.01. The van der Waals surface area contributed by atoms with Gasteiger partial charge in [0.15, 0.2) is 0 Å². The molecule has 0 aliphatic carbocycles. The van der Waals surface area contributed by atoms with E-state index in [1.165, 1.54) is 5.56 Å². The van der Waals surface area contributed by atoms with Crippen molar-refractivity contribution in [2.75, 3.05) is 13.1 Å². The molecule has 2 nitrogen and oxygen atoms in total. The number of rotatable bonds is 2. The molecule has 1 aromatic carbocycles. The predicted molar refractivity (Wildman–Crippen MR) is 66.0 cm³/mol. The Kier molecular flexibility index (Phi) is 3.40. The van der Waals surface area contributed by atoms with Crippen molar-refractivity contribution < 1.29 is 4.79 Å². The van der Waals surface area contributed by atoms with Crippen molar-refractivity contribution in [1.82, 2.24) is 4.90 Å². The first kappa shape index (κ1) is 10.9. The van der Waals surface area contributed by atoms with Gasteiger partial charge in [0.25, 0.3) is 0 Å². The Morgan fingerprint density at radius 2 is 1.94 bits per heavy atom. The summed E-state index contributed by atoms with van der Waals surface area (Å²) in [6, 6.07) is 8.09. The summed E-state index contributed by atoms with van der Waals surface area (Å²) in [5, 5.41) is 0. The number of benzene rings is 1. The number of amides is 1. The second kappa shape index (κ2) is 4.97. The molecule has 0 bridgehead atoms. The number of carbonyl (C=O) groups excluding carboxylic acids is 1. The molecular formula is C14H17NO. The van der Waals surface area contributed by atoms with E-state index in [1.54, 1.807) is 6.08 Å². The normalized spacial score (nSPS) is 15.9. The fourth-order valence-corrected chi connectivity index (χ4v) is 1.98. The molecule has 2 rings (SSSR count). The molecule has 0 spiro atoms. The molecule has 1 aromatic rings. The van der Waals surface area contributed by atoms with E-state index in [0.717, 1.165) is 31.5 Å². The zero-order valence-electron chi connectivity index (χ0n) is 9.65. The predicted octanol–water partition coefficient (Wildman–Crippen LogP) is 2.63. The molecule has 1 aliphatic rings. The minimum absolute atomic E-state index is 0.140. The third kappa shape index (κ3) is 2.51. The topological polar surface area (TPSA) is 20.3 Å². The number of aryl methyl sites for hydroxylation is 1. The van der Waals surface area contributed by atoms with E-state index in [4.69, 9.17) is 0 Å². The highest BCUT2D eigenvalue weighted by atomic mass is 16.2. The van der Waals surface area contributed by atoms with Crippen LogP contribution in [-0.4, -0.2) is 23.9 Å². The van der Waals surface area contributed by atoms with Crippen molar-refractivity contribution in [2.45, 2.75) is 19.8 Å². The van der Waals surface area contributed by atoms with Crippen LogP contribution < -0.4 is 0 Å². The van der Waals surface area contributed by atoms with Crippen LogP contribution in [-0.2, 0) is 4.79 Å². The van der Waals surface area contributed by atoms with Crippen LogP contribution in [0.5, 0.6) is 0 Å². The van der Waals surface area contributed by atoms with Crippen LogP contribution >= 0.6 is 0 Å². The minimum atomic E-state index is 0.140. The van der Waals surface area contributed by atoms with E-state index in [-0.39, 0.29) is 5.91 Å². The van der Waals surface area contributed by atoms with Gasteiger partial charge in [0.2, 0.25) is 5.91 Å². The van der Waals surface area contributed by atoms with Crippen LogP contribution in [0, 0.1) is 6.92 Å². The Morgan fingerprint density at radius 3 is 2.62 bits per heavy atom. The van der Waals surface area contributed by atoms with Crippen molar-refractivity contribution in [3.8, 4) is 0 Å². The molecule has 1 heterocycles. The van der Waals surface area contributed by atoms with Crippen LogP contribution in [0.15, 0.2) is 30.3 Å². The van der Waals surface area contributed by atoms with Crippen LogP contribution in [0.4, 0.5) is 0 Å². The zero-order valence-corrected chi connectivity index (χ0v) is 9.65. The number of hydrogen-bond acceptors (Lipinski definition) is 1. The molecule has 0 radical (unpaired) electrons. The molecule has 1 aliphatic heterocycles. The molecule has 0 aromatic heterocycles. The summed E-state index contributed by atoms with van der Waals surface area (Å²) >= 11 is 0. The molecule has 16 heavy (non-hydrogen) atoms. The summed E-state index contributed by atoms with van der Waals surface area (Å²) in [7, 11) is 0. The van der Waals surface area contributed by atoms with Gasteiger partial charge < -0.3 is 4.90 Å². The summed E-state index contributed by atoms with van der Waals surface area (Å²) < 4.78 is 0. The number of nitrogens with zero attached hydrogens (tertiary/aromatic N) is 1. The lowest BCUT2D eigenvalue weighted by Gasteiger charge is -2.11.